The topological polar surface area (TPSA) is 65.2 Å². The van der Waals surface area contributed by atoms with Crippen LogP contribution in [0.2, 0.25) is 0 Å². The van der Waals surface area contributed by atoms with Gasteiger partial charge in [0.1, 0.15) is 11.5 Å². The normalized spacial score (nSPS) is 10.3. The summed E-state index contributed by atoms with van der Waals surface area (Å²) in [4.78, 5) is 16.0. The fourth-order valence-corrected chi connectivity index (χ4v) is 2.39. The molecule has 6 heteroatoms. The highest BCUT2D eigenvalue weighted by atomic mass is 32.2. The number of carbonyl (C=O) groups excluding carboxylic acids is 1. The second-order valence-corrected chi connectivity index (χ2v) is 5.00. The Kier molecular flexibility index (Phi) is 4.57. The number of methoxy groups -OCH3 is 1. The van der Waals surface area contributed by atoms with E-state index in [0.29, 0.717) is 22.0 Å². The predicted molar refractivity (Wildman–Crippen MR) is 75.9 cm³/mol. The molecule has 2 rings (SSSR count). The van der Waals surface area contributed by atoms with E-state index in [1.54, 1.807) is 30.3 Å². The lowest BCUT2D eigenvalue weighted by molar-refractivity contribution is 0.0594. The zero-order valence-corrected chi connectivity index (χ0v) is 11.6. The maximum Gasteiger partial charge on any atom is 0.356 e. The molecule has 0 amide bonds. The largest absolute Gasteiger partial charge is 0.464 e. The van der Waals surface area contributed by atoms with Gasteiger partial charge in [-0.1, -0.05) is 6.07 Å². The van der Waals surface area contributed by atoms with Gasteiger partial charge in [0, 0.05) is 16.3 Å². The minimum Gasteiger partial charge on any atom is -0.464 e. The summed E-state index contributed by atoms with van der Waals surface area (Å²) < 4.78 is 18.2. The fraction of sp³-hybridized carbons (Fsp3) is 0.143. The molecule has 1 aromatic heterocycles. The van der Waals surface area contributed by atoms with Gasteiger partial charge in [-0.05, 0) is 30.3 Å². The zero-order chi connectivity index (χ0) is 14.5. The zero-order valence-electron chi connectivity index (χ0n) is 10.8. The molecular formula is C14H13FN2O2S. The molecule has 0 unspecified atom stereocenters. The first kappa shape index (κ1) is 14.3. The van der Waals surface area contributed by atoms with E-state index in [4.69, 9.17) is 5.73 Å². The molecule has 2 N–H and O–H groups in total. The monoisotopic (exact) mass is 292 g/mol. The second-order valence-electron chi connectivity index (χ2n) is 3.98. The van der Waals surface area contributed by atoms with Crippen LogP contribution in [0.25, 0.3) is 0 Å². The Morgan fingerprint density at radius 2 is 2.20 bits per heavy atom. The Morgan fingerprint density at radius 3 is 2.90 bits per heavy atom. The molecule has 1 aromatic carbocycles. The molecule has 0 saturated carbocycles. The predicted octanol–water partition coefficient (Wildman–Crippen LogP) is 2.88. The van der Waals surface area contributed by atoms with Crippen molar-refractivity contribution >= 4 is 23.4 Å². The molecule has 0 saturated heterocycles. The van der Waals surface area contributed by atoms with E-state index in [1.165, 1.54) is 24.9 Å². The van der Waals surface area contributed by atoms with Gasteiger partial charge in [0.2, 0.25) is 0 Å². The molecule has 104 valence electrons. The van der Waals surface area contributed by atoms with Gasteiger partial charge in [0.05, 0.1) is 12.8 Å². The lowest BCUT2D eigenvalue weighted by Gasteiger charge is -2.05. The van der Waals surface area contributed by atoms with Crippen LogP contribution < -0.4 is 5.73 Å². The van der Waals surface area contributed by atoms with Crippen molar-refractivity contribution in [2.45, 2.75) is 10.6 Å². The quantitative estimate of drug-likeness (QED) is 0.533. The number of nitrogen functional groups attached to an aromatic ring is 1. The molecule has 1 heterocycles. The van der Waals surface area contributed by atoms with Gasteiger partial charge in [-0.15, -0.1) is 11.8 Å². The highest BCUT2D eigenvalue weighted by Crippen LogP contribution is 2.26. The number of hydrogen-bond donors (Lipinski definition) is 1. The van der Waals surface area contributed by atoms with E-state index >= 15 is 0 Å². The molecular weight excluding hydrogens is 279 g/mol. The van der Waals surface area contributed by atoms with Gasteiger partial charge in [-0.25, -0.2) is 14.2 Å². The molecule has 0 aliphatic rings. The SMILES string of the molecule is COC(=O)c1cccc(CSc2ccc(N)cc2F)n1. The van der Waals surface area contributed by atoms with E-state index in [0.717, 1.165) is 0 Å². The molecule has 0 bridgehead atoms. The third-order valence-electron chi connectivity index (χ3n) is 2.53. The molecule has 20 heavy (non-hydrogen) atoms. The van der Waals surface area contributed by atoms with Crippen LogP contribution in [0.3, 0.4) is 0 Å². The summed E-state index contributed by atoms with van der Waals surface area (Å²) >= 11 is 1.29. The number of halogens is 1. The Bertz CT molecular complexity index is 634. The highest BCUT2D eigenvalue weighted by Gasteiger charge is 2.09. The van der Waals surface area contributed by atoms with E-state index in [-0.39, 0.29) is 11.5 Å². The number of thioether (sulfide) groups is 1. The molecule has 0 radical (unpaired) electrons. The summed E-state index contributed by atoms with van der Waals surface area (Å²) in [6.45, 7) is 0. The minimum absolute atomic E-state index is 0.239. The standard InChI is InChI=1S/C14H13FN2O2S/c1-19-14(18)12-4-2-3-10(17-12)8-20-13-6-5-9(16)7-11(13)15/h2-7H,8,16H2,1H3. The first-order valence-corrected chi connectivity index (χ1v) is 6.81. The maximum atomic E-state index is 13.6. The molecule has 0 atom stereocenters. The Labute approximate surface area is 120 Å². The van der Waals surface area contributed by atoms with Gasteiger partial charge in [-0.3, -0.25) is 0 Å². The summed E-state index contributed by atoms with van der Waals surface area (Å²) in [6, 6.07) is 9.61. The van der Waals surface area contributed by atoms with Crippen molar-refractivity contribution in [3.8, 4) is 0 Å². The second kappa shape index (κ2) is 6.38. The molecule has 0 fully saturated rings. The fourth-order valence-electron chi connectivity index (χ4n) is 1.56. The van der Waals surface area contributed by atoms with Crippen LogP contribution in [0.5, 0.6) is 0 Å². The van der Waals surface area contributed by atoms with Gasteiger partial charge in [0.15, 0.2) is 0 Å². The van der Waals surface area contributed by atoms with Crippen LogP contribution in [-0.2, 0) is 10.5 Å². The third-order valence-corrected chi connectivity index (χ3v) is 3.61. The van der Waals surface area contributed by atoms with E-state index in [2.05, 4.69) is 9.72 Å². The van der Waals surface area contributed by atoms with E-state index in [1.807, 2.05) is 0 Å². The third kappa shape index (κ3) is 3.48. The average molecular weight is 292 g/mol. The molecule has 0 spiro atoms. The van der Waals surface area contributed by atoms with Gasteiger partial charge in [0.25, 0.3) is 0 Å². The maximum absolute atomic E-state index is 13.6. The Hall–Kier alpha value is -2.08. The van der Waals surface area contributed by atoms with Crippen molar-refractivity contribution in [3.63, 3.8) is 0 Å². The number of carbonyl (C=O) groups is 1. The molecule has 0 aliphatic carbocycles. The lowest BCUT2D eigenvalue weighted by atomic mass is 10.3. The van der Waals surface area contributed by atoms with Crippen LogP contribution >= 0.6 is 11.8 Å². The highest BCUT2D eigenvalue weighted by molar-refractivity contribution is 7.98. The van der Waals surface area contributed by atoms with Crippen molar-refractivity contribution in [2.24, 2.45) is 0 Å². The van der Waals surface area contributed by atoms with Crippen LogP contribution in [0.4, 0.5) is 10.1 Å². The number of nitrogens with two attached hydrogens (primary N) is 1. The number of ether oxygens (including phenoxy) is 1. The van der Waals surface area contributed by atoms with Crippen LogP contribution in [0, 0.1) is 5.82 Å². The summed E-state index contributed by atoms with van der Waals surface area (Å²) in [7, 11) is 1.30. The average Bonchev–Trinajstić information content (AvgIpc) is 2.46. The Morgan fingerprint density at radius 1 is 1.40 bits per heavy atom. The Balaban J connectivity index is 2.09. The van der Waals surface area contributed by atoms with Crippen LogP contribution in [0.1, 0.15) is 16.2 Å². The summed E-state index contributed by atoms with van der Waals surface area (Å²) in [6.07, 6.45) is 0. The van der Waals surface area contributed by atoms with Crippen LogP contribution in [-0.4, -0.2) is 18.1 Å². The number of esters is 1. The molecule has 0 aliphatic heterocycles. The van der Waals surface area contributed by atoms with E-state index < -0.39 is 5.97 Å². The van der Waals surface area contributed by atoms with E-state index in [9.17, 15) is 9.18 Å². The number of hydrogen-bond acceptors (Lipinski definition) is 5. The van der Waals surface area contributed by atoms with Gasteiger partial charge < -0.3 is 10.5 Å². The number of anilines is 1. The first-order chi connectivity index (χ1) is 9.60. The number of pyridine rings is 1. The summed E-state index contributed by atoms with van der Waals surface area (Å²) in [5.41, 5.74) is 6.79. The lowest BCUT2D eigenvalue weighted by Crippen LogP contribution is -2.05. The molecule has 2 aromatic rings. The number of aromatic nitrogens is 1. The van der Waals surface area contributed by atoms with Gasteiger partial charge in [-0.2, -0.15) is 0 Å². The molecule has 4 nitrogen and oxygen atoms in total. The first-order valence-electron chi connectivity index (χ1n) is 5.82. The summed E-state index contributed by atoms with van der Waals surface area (Å²) in [5.74, 6) is -0.402. The van der Waals surface area contributed by atoms with Crippen molar-refractivity contribution in [1.29, 1.82) is 0 Å². The van der Waals surface area contributed by atoms with Crippen molar-refractivity contribution in [1.82, 2.24) is 4.98 Å². The number of benzene rings is 1. The van der Waals surface area contributed by atoms with Crippen LogP contribution in [0.15, 0.2) is 41.3 Å². The van der Waals surface area contributed by atoms with Crippen molar-refractivity contribution < 1.29 is 13.9 Å². The van der Waals surface area contributed by atoms with Crippen molar-refractivity contribution in [3.05, 3.63) is 53.6 Å². The number of nitrogens with zero attached hydrogens (tertiary/aromatic N) is 1. The van der Waals surface area contributed by atoms with Gasteiger partial charge >= 0.3 is 5.97 Å². The van der Waals surface area contributed by atoms with Crippen molar-refractivity contribution in [2.75, 3.05) is 12.8 Å². The smallest absolute Gasteiger partial charge is 0.356 e. The minimum atomic E-state index is -0.490. The summed E-state index contributed by atoms with van der Waals surface area (Å²) in [5, 5.41) is 0. The number of rotatable bonds is 4.